The molecule has 0 radical (unpaired) electrons. The maximum Gasteiger partial charge on any atom is 0.118 e. The van der Waals surface area contributed by atoms with Crippen LogP contribution in [0.5, 0.6) is 5.75 Å². The van der Waals surface area contributed by atoms with E-state index in [9.17, 15) is 5.11 Å². The summed E-state index contributed by atoms with van der Waals surface area (Å²) in [5, 5.41) is 10.5. The normalized spacial score (nSPS) is 13.1. The Balaban J connectivity index is 3.00. The Hall–Kier alpha value is -0.763. The molecule has 0 saturated carbocycles. The smallest absolute Gasteiger partial charge is 0.118 e. The van der Waals surface area contributed by atoms with E-state index in [0.29, 0.717) is 16.7 Å². The second-order valence-corrected chi connectivity index (χ2v) is 13.0. The van der Waals surface area contributed by atoms with Gasteiger partial charge in [-0.2, -0.15) is 0 Å². The molecule has 0 aliphatic heterocycles. The van der Waals surface area contributed by atoms with Crippen molar-refractivity contribution >= 4 is 8.07 Å². The first kappa shape index (κ1) is 15.3. The van der Waals surface area contributed by atoms with E-state index in [-0.39, 0.29) is 0 Å². The summed E-state index contributed by atoms with van der Waals surface area (Å²) in [6.45, 7) is 16.1. The zero-order valence-corrected chi connectivity index (χ0v) is 14.0. The third-order valence-corrected chi connectivity index (χ3v) is 9.76. The van der Waals surface area contributed by atoms with Crippen LogP contribution < -0.4 is 0 Å². The van der Waals surface area contributed by atoms with Crippen molar-refractivity contribution in [3.63, 3.8) is 0 Å². The molecule has 0 fully saturated rings. The van der Waals surface area contributed by atoms with Gasteiger partial charge in [-0.1, -0.05) is 59.8 Å². The average Bonchev–Trinajstić information content (AvgIpc) is 2.18. The van der Waals surface area contributed by atoms with E-state index in [4.69, 9.17) is 0 Å². The van der Waals surface area contributed by atoms with E-state index in [1.54, 1.807) is 0 Å². The molecule has 102 valence electrons. The van der Waals surface area contributed by atoms with Crippen LogP contribution in [0.25, 0.3) is 0 Å². The number of rotatable bonds is 3. The molecule has 1 nitrogen and oxygen atoms in total. The van der Waals surface area contributed by atoms with Crippen molar-refractivity contribution in [2.45, 2.75) is 64.7 Å². The highest BCUT2D eigenvalue weighted by Gasteiger charge is 2.35. The first-order valence-corrected chi connectivity index (χ1v) is 10.1. The van der Waals surface area contributed by atoms with E-state index in [1.807, 2.05) is 6.07 Å². The van der Waals surface area contributed by atoms with Crippen LogP contribution in [0, 0.1) is 0 Å². The second-order valence-electron chi connectivity index (χ2n) is 7.35. The molecule has 0 atom stereocenters. The molecule has 18 heavy (non-hydrogen) atoms. The molecule has 0 aromatic heterocycles. The van der Waals surface area contributed by atoms with Crippen molar-refractivity contribution in [2.24, 2.45) is 0 Å². The molecule has 0 bridgehead atoms. The molecule has 0 unspecified atom stereocenters. The molecule has 1 rings (SSSR count). The predicted molar refractivity (Wildman–Crippen MR) is 83.1 cm³/mol. The molecule has 0 saturated heterocycles. The fourth-order valence-corrected chi connectivity index (χ4v) is 3.61. The summed E-state index contributed by atoms with van der Waals surface area (Å²) in [6.07, 6.45) is 0. The lowest BCUT2D eigenvalue weighted by Gasteiger charge is -2.37. The number of benzene rings is 1. The van der Waals surface area contributed by atoms with Gasteiger partial charge in [-0.15, -0.1) is 0 Å². The van der Waals surface area contributed by atoms with E-state index < -0.39 is 8.07 Å². The van der Waals surface area contributed by atoms with Gasteiger partial charge < -0.3 is 5.11 Å². The van der Waals surface area contributed by atoms with Gasteiger partial charge in [0.25, 0.3) is 0 Å². The van der Waals surface area contributed by atoms with Crippen LogP contribution in [-0.2, 0) is 6.04 Å². The molecule has 0 spiro atoms. The largest absolute Gasteiger partial charge is 0.508 e. The SMILES string of the molecule is CC(C)c1ccc(C[Si](C)(C)C(C)(C)C)c(O)c1. The zero-order valence-electron chi connectivity index (χ0n) is 13.0. The first-order valence-electron chi connectivity index (χ1n) is 6.86. The van der Waals surface area contributed by atoms with Gasteiger partial charge in [0.1, 0.15) is 5.75 Å². The number of phenols is 1. The van der Waals surface area contributed by atoms with Gasteiger partial charge in [-0.25, -0.2) is 0 Å². The molecule has 1 aromatic rings. The molecule has 1 aromatic carbocycles. The van der Waals surface area contributed by atoms with Gasteiger partial charge in [-0.3, -0.25) is 0 Å². The Labute approximate surface area is 113 Å². The summed E-state index contributed by atoms with van der Waals surface area (Å²) < 4.78 is 0. The zero-order chi connectivity index (χ0) is 14.1. The lowest BCUT2D eigenvalue weighted by Crippen LogP contribution is -2.39. The van der Waals surface area contributed by atoms with Crippen LogP contribution in [-0.4, -0.2) is 13.2 Å². The topological polar surface area (TPSA) is 20.2 Å². The minimum atomic E-state index is -1.38. The van der Waals surface area contributed by atoms with Crippen molar-refractivity contribution in [3.05, 3.63) is 29.3 Å². The lowest BCUT2D eigenvalue weighted by atomic mass is 10.0. The van der Waals surface area contributed by atoms with Gasteiger partial charge in [0.05, 0.1) is 8.07 Å². The van der Waals surface area contributed by atoms with Crippen LogP contribution in [0.3, 0.4) is 0 Å². The maximum absolute atomic E-state index is 10.2. The molecule has 0 aliphatic carbocycles. The van der Waals surface area contributed by atoms with Crippen molar-refractivity contribution in [1.29, 1.82) is 0 Å². The maximum atomic E-state index is 10.2. The predicted octanol–water partition coefficient (Wildman–Crippen LogP) is 5.11. The molecule has 1 N–H and O–H groups in total. The number of aromatic hydroxyl groups is 1. The van der Waals surface area contributed by atoms with Gasteiger partial charge in [0.15, 0.2) is 0 Å². The standard InChI is InChI=1S/C16H28OSi/c1-12(2)13-8-9-14(15(17)10-13)11-18(6,7)16(3,4)5/h8-10,12,17H,11H2,1-7H3. The number of hydrogen-bond acceptors (Lipinski definition) is 1. The monoisotopic (exact) mass is 264 g/mol. The Morgan fingerprint density at radius 3 is 2.11 bits per heavy atom. The summed E-state index contributed by atoms with van der Waals surface area (Å²) >= 11 is 0. The van der Waals surface area contributed by atoms with E-state index in [2.05, 4.69) is 59.8 Å². The minimum absolute atomic E-state index is 0.357. The highest BCUT2D eigenvalue weighted by atomic mass is 28.3. The summed E-state index contributed by atoms with van der Waals surface area (Å²) in [7, 11) is -1.38. The molecule has 0 amide bonds. The Morgan fingerprint density at radius 1 is 1.17 bits per heavy atom. The number of phenolic OH excluding ortho intramolecular Hbond substituents is 1. The van der Waals surface area contributed by atoms with Gasteiger partial charge >= 0.3 is 0 Å². The Bertz CT molecular complexity index is 414. The summed E-state index contributed by atoms with van der Waals surface area (Å²) in [5.74, 6) is 0.948. The second kappa shape index (κ2) is 5.08. The summed E-state index contributed by atoms with van der Waals surface area (Å²) in [4.78, 5) is 0. The molecule has 0 aliphatic rings. The third kappa shape index (κ3) is 3.38. The van der Waals surface area contributed by atoms with Crippen LogP contribution in [0.15, 0.2) is 18.2 Å². The molecule has 2 heteroatoms. The van der Waals surface area contributed by atoms with Crippen molar-refractivity contribution in [2.75, 3.05) is 0 Å². The molecular weight excluding hydrogens is 236 g/mol. The molecule has 0 heterocycles. The minimum Gasteiger partial charge on any atom is -0.508 e. The van der Waals surface area contributed by atoms with Crippen LogP contribution in [0.2, 0.25) is 18.1 Å². The average molecular weight is 264 g/mol. The molecular formula is C16H28OSi. The lowest BCUT2D eigenvalue weighted by molar-refractivity contribution is 0.468. The van der Waals surface area contributed by atoms with Gasteiger partial charge in [-0.05, 0) is 34.2 Å². The van der Waals surface area contributed by atoms with Crippen molar-refractivity contribution < 1.29 is 5.11 Å². The van der Waals surface area contributed by atoms with E-state index in [0.717, 1.165) is 11.6 Å². The van der Waals surface area contributed by atoms with Crippen LogP contribution in [0.4, 0.5) is 0 Å². The summed E-state index contributed by atoms with van der Waals surface area (Å²) in [5.41, 5.74) is 2.33. The fraction of sp³-hybridized carbons (Fsp3) is 0.625. The Morgan fingerprint density at radius 2 is 1.72 bits per heavy atom. The highest BCUT2D eigenvalue weighted by Crippen LogP contribution is 2.39. The quantitative estimate of drug-likeness (QED) is 0.753. The number of hydrogen-bond donors (Lipinski definition) is 1. The first-order chi connectivity index (χ1) is 8.04. The van der Waals surface area contributed by atoms with Crippen LogP contribution >= 0.6 is 0 Å². The van der Waals surface area contributed by atoms with Crippen molar-refractivity contribution in [1.82, 2.24) is 0 Å². The van der Waals surface area contributed by atoms with Gasteiger partial charge in [0.2, 0.25) is 0 Å². The van der Waals surface area contributed by atoms with Crippen molar-refractivity contribution in [3.8, 4) is 5.75 Å². The van der Waals surface area contributed by atoms with Gasteiger partial charge in [0, 0.05) is 0 Å². The summed E-state index contributed by atoms with van der Waals surface area (Å²) in [6, 6.07) is 7.26. The third-order valence-electron chi connectivity index (χ3n) is 4.44. The van der Waals surface area contributed by atoms with Crippen LogP contribution in [0.1, 0.15) is 51.7 Å². The highest BCUT2D eigenvalue weighted by molar-refractivity contribution is 6.79. The Kier molecular flexibility index (Phi) is 4.32. The van der Waals surface area contributed by atoms with E-state index in [1.165, 1.54) is 5.56 Å². The fourth-order valence-electron chi connectivity index (χ4n) is 1.83. The van der Waals surface area contributed by atoms with E-state index >= 15 is 0 Å².